The molecule has 0 bridgehead atoms. The van der Waals surface area contributed by atoms with Gasteiger partial charge in [-0.15, -0.1) is 0 Å². The lowest BCUT2D eigenvalue weighted by molar-refractivity contribution is -0.114. The van der Waals surface area contributed by atoms with Gasteiger partial charge < -0.3 is 11.1 Å². The fourth-order valence-corrected chi connectivity index (χ4v) is 4.74. The zero-order chi connectivity index (χ0) is 27.2. The van der Waals surface area contributed by atoms with Gasteiger partial charge in [0.1, 0.15) is 11.2 Å². The van der Waals surface area contributed by atoms with Crippen molar-refractivity contribution in [2.24, 2.45) is 5.73 Å². The molecule has 0 aliphatic heterocycles. The van der Waals surface area contributed by atoms with Crippen molar-refractivity contribution in [1.29, 1.82) is 0 Å². The summed E-state index contributed by atoms with van der Waals surface area (Å²) in [7, 11) is 0. The Morgan fingerprint density at radius 2 is 1.18 bits per heavy atom. The van der Waals surface area contributed by atoms with E-state index in [1.165, 1.54) is 16.8 Å². The molecular weight excluding hydrogens is 491 g/mol. The minimum atomic E-state index is -1.13. The number of hydrogen-bond acceptors (Lipinski definition) is 3. The predicted octanol–water partition coefficient (Wildman–Crippen LogP) is 5.12. The van der Waals surface area contributed by atoms with Gasteiger partial charge in [0.15, 0.2) is 0 Å². The van der Waals surface area contributed by atoms with Crippen molar-refractivity contribution < 1.29 is 14.0 Å². The summed E-state index contributed by atoms with van der Waals surface area (Å²) >= 11 is 0. The van der Waals surface area contributed by atoms with Crippen LogP contribution in [0.3, 0.4) is 0 Å². The second-order valence-electron chi connectivity index (χ2n) is 8.86. The SMILES string of the molecule is NC(=O)/C(=C\c1cn(C(c2ccccc2)(c2ccccc2)c2ccccc2)c(F)n1)NC(=O)c1ccccc1. The zero-order valence-corrected chi connectivity index (χ0v) is 20.9. The van der Waals surface area contributed by atoms with Crippen LogP contribution >= 0.6 is 0 Å². The summed E-state index contributed by atoms with van der Waals surface area (Å²) in [6.45, 7) is 0. The number of carbonyl (C=O) groups is 2. The van der Waals surface area contributed by atoms with Crippen molar-refractivity contribution in [3.63, 3.8) is 0 Å². The summed E-state index contributed by atoms with van der Waals surface area (Å²) in [5.41, 5.74) is 7.10. The Balaban J connectivity index is 1.68. The lowest BCUT2D eigenvalue weighted by atomic mass is 9.76. The minimum Gasteiger partial charge on any atom is -0.364 e. The molecule has 5 aromatic rings. The molecule has 0 radical (unpaired) electrons. The standard InChI is InChI=1S/C32H25FN4O2/c33-31-35-27(21-28(29(34)38)36-30(39)23-13-5-1-6-14-23)22-37(31)32(24-15-7-2-8-16-24,25-17-9-3-10-18-25)26-19-11-4-12-20-26/h1-22H,(H2,34,38)(H,36,39)/b28-21+. The Morgan fingerprint density at radius 3 is 1.62 bits per heavy atom. The molecule has 0 unspecified atom stereocenters. The molecular formula is C32H25FN4O2. The van der Waals surface area contributed by atoms with E-state index < -0.39 is 23.4 Å². The lowest BCUT2D eigenvalue weighted by Crippen LogP contribution is -2.38. The van der Waals surface area contributed by atoms with Gasteiger partial charge in [-0.1, -0.05) is 109 Å². The smallest absolute Gasteiger partial charge is 0.291 e. The van der Waals surface area contributed by atoms with Crippen LogP contribution in [0.4, 0.5) is 4.39 Å². The molecule has 3 N–H and O–H groups in total. The van der Waals surface area contributed by atoms with E-state index in [1.807, 2.05) is 91.0 Å². The number of amides is 2. The minimum absolute atomic E-state index is 0.113. The Bertz CT molecular complexity index is 1520. The van der Waals surface area contributed by atoms with Gasteiger partial charge >= 0.3 is 0 Å². The molecule has 192 valence electrons. The number of nitrogens with one attached hydrogen (secondary N) is 1. The highest BCUT2D eigenvalue weighted by atomic mass is 19.1. The average Bonchev–Trinajstić information content (AvgIpc) is 3.35. The molecule has 1 aromatic heterocycles. The Kier molecular flexibility index (Phi) is 7.14. The van der Waals surface area contributed by atoms with Crippen LogP contribution in [0.1, 0.15) is 32.7 Å². The largest absolute Gasteiger partial charge is 0.364 e. The van der Waals surface area contributed by atoms with Crippen molar-refractivity contribution in [2.75, 3.05) is 0 Å². The summed E-state index contributed by atoms with van der Waals surface area (Å²) in [5, 5.41) is 2.52. The van der Waals surface area contributed by atoms with Crippen LogP contribution in [0.15, 0.2) is 133 Å². The summed E-state index contributed by atoms with van der Waals surface area (Å²) in [5.74, 6) is -1.40. The van der Waals surface area contributed by atoms with E-state index in [0.717, 1.165) is 16.7 Å². The van der Waals surface area contributed by atoms with E-state index in [4.69, 9.17) is 5.73 Å². The Labute approximate surface area is 225 Å². The molecule has 2 amide bonds. The number of halogens is 1. The van der Waals surface area contributed by atoms with Crippen LogP contribution in [0, 0.1) is 6.08 Å². The quantitative estimate of drug-likeness (QED) is 0.222. The normalized spacial score (nSPS) is 11.7. The first-order valence-electron chi connectivity index (χ1n) is 12.3. The number of carbonyl (C=O) groups excluding carboxylic acids is 2. The van der Waals surface area contributed by atoms with Crippen molar-refractivity contribution in [2.45, 2.75) is 5.54 Å². The maximum atomic E-state index is 16.0. The molecule has 0 saturated heterocycles. The number of primary amides is 1. The summed E-state index contributed by atoms with van der Waals surface area (Å²) in [6.07, 6.45) is 2.00. The van der Waals surface area contributed by atoms with Crippen LogP contribution in [0.2, 0.25) is 0 Å². The van der Waals surface area contributed by atoms with Gasteiger partial charge in [-0.05, 0) is 34.9 Å². The van der Waals surface area contributed by atoms with Crippen LogP contribution < -0.4 is 11.1 Å². The molecule has 0 aliphatic carbocycles. The second-order valence-corrected chi connectivity index (χ2v) is 8.86. The molecule has 5 rings (SSSR count). The third kappa shape index (κ3) is 4.98. The predicted molar refractivity (Wildman–Crippen MR) is 148 cm³/mol. The number of aromatic nitrogens is 2. The summed E-state index contributed by atoms with van der Waals surface area (Å²) in [4.78, 5) is 29.0. The van der Waals surface area contributed by atoms with Crippen LogP contribution in [0.25, 0.3) is 6.08 Å². The van der Waals surface area contributed by atoms with Crippen molar-refractivity contribution in [3.8, 4) is 0 Å². The fourth-order valence-electron chi connectivity index (χ4n) is 4.74. The third-order valence-corrected chi connectivity index (χ3v) is 6.46. The molecule has 7 heteroatoms. The van der Waals surface area contributed by atoms with Crippen molar-refractivity contribution in [3.05, 3.63) is 167 Å². The van der Waals surface area contributed by atoms with E-state index >= 15 is 4.39 Å². The van der Waals surface area contributed by atoms with Gasteiger partial charge in [-0.3, -0.25) is 14.2 Å². The molecule has 6 nitrogen and oxygen atoms in total. The van der Waals surface area contributed by atoms with Crippen molar-refractivity contribution in [1.82, 2.24) is 14.9 Å². The lowest BCUT2D eigenvalue weighted by Gasteiger charge is -2.37. The third-order valence-electron chi connectivity index (χ3n) is 6.46. The van der Waals surface area contributed by atoms with E-state index in [2.05, 4.69) is 10.3 Å². The molecule has 0 fully saturated rings. The first-order valence-corrected chi connectivity index (χ1v) is 12.3. The van der Waals surface area contributed by atoms with E-state index in [9.17, 15) is 9.59 Å². The van der Waals surface area contributed by atoms with Gasteiger partial charge in [0.2, 0.25) is 0 Å². The summed E-state index contributed by atoms with van der Waals surface area (Å²) < 4.78 is 17.4. The van der Waals surface area contributed by atoms with Crippen LogP contribution in [-0.2, 0) is 10.3 Å². The van der Waals surface area contributed by atoms with E-state index in [1.54, 1.807) is 30.3 Å². The van der Waals surface area contributed by atoms with Gasteiger partial charge in [0.05, 0.1) is 5.69 Å². The fraction of sp³-hybridized carbons (Fsp3) is 0.0312. The highest BCUT2D eigenvalue weighted by molar-refractivity contribution is 6.04. The molecule has 0 atom stereocenters. The monoisotopic (exact) mass is 516 g/mol. The summed E-state index contributed by atoms with van der Waals surface area (Å²) in [6, 6.07) is 37.1. The zero-order valence-electron chi connectivity index (χ0n) is 20.9. The number of nitrogens with two attached hydrogens (primary N) is 1. The van der Waals surface area contributed by atoms with E-state index in [-0.39, 0.29) is 11.4 Å². The first-order chi connectivity index (χ1) is 19.0. The second kappa shape index (κ2) is 11.0. The molecule has 0 spiro atoms. The number of benzene rings is 4. The first kappa shape index (κ1) is 25.4. The van der Waals surface area contributed by atoms with Gasteiger partial charge in [-0.25, -0.2) is 4.98 Å². The van der Waals surface area contributed by atoms with Crippen LogP contribution in [0.5, 0.6) is 0 Å². The topological polar surface area (TPSA) is 90.0 Å². The maximum absolute atomic E-state index is 16.0. The average molecular weight is 517 g/mol. The molecule has 4 aromatic carbocycles. The molecule has 1 heterocycles. The van der Waals surface area contributed by atoms with E-state index in [0.29, 0.717) is 5.56 Å². The highest BCUT2D eigenvalue weighted by Gasteiger charge is 2.40. The van der Waals surface area contributed by atoms with Crippen LogP contribution in [-0.4, -0.2) is 21.4 Å². The van der Waals surface area contributed by atoms with Crippen molar-refractivity contribution >= 4 is 17.9 Å². The maximum Gasteiger partial charge on any atom is 0.291 e. The number of rotatable bonds is 8. The Morgan fingerprint density at radius 1 is 0.744 bits per heavy atom. The number of imidazole rings is 1. The molecule has 39 heavy (non-hydrogen) atoms. The van der Waals surface area contributed by atoms with Gasteiger partial charge in [0, 0.05) is 11.8 Å². The molecule has 0 aliphatic rings. The van der Waals surface area contributed by atoms with Gasteiger partial charge in [0.25, 0.3) is 17.9 Å². The Hall–Kier alpha value is -5.30. The van der Waals surface area contributed by atoms with Gasteiger partial charge in [-0.2, -0.15) is 4.39 Å². The number of hydrogen-bond donors (Lipinski definition) is 2. The highest BCUT2D eigenvalue weighted by Crippen LogP contribution is 2.41. The molecule has 0 saturated carbocycles. The number of nitrogens with zero attached hydrogens (tertiary/aromatic N) is 2.